The maximum atomic E-state index is 6.20. The Labute approximate surface area is 122 Å². The molecule has 2 rings (SSSR count). The summed E-state index contributed by atoms with van der Waals surface area (Å²) in [6, 6.07) is 6.03. The average Bonchev–Trinajstić information content (AvgIpc) is 2.33. The highest BCUT2D eigenvalue weighted by atomic mass is 79.9. The van der Waals surface area contributed by atoms with E-state index >= 15 is 0 Å². The normalized spacial score (nSPS) is 18.8. The molecule has 0 aliphatic carbocycles. The van der Waals surface area contributed by atoms with Crippen molar-refractivity contribution in [3.8, 4) is 0 Å². The highest BCUT2D eigenvalue weighted by Crippen LogP contribution is 2.29. The fraction of sp³-hybridized carbons (Fsp3) is 0.571. The fourth-order valence-electron chi connectivity index (χ4n) is 2.20. The van der Waals surface area contributed by atoms with Crippen molar-refractivity contribution in [3.05, 3.63) is 33.3 Å². The van der Waals surface area contributed by atoms with E-state index in [1.165, 1.54) is 0 Å². The number of hydrogen-bond acceptors (Lipinski definition) is 2. The van der Waals surface area contributed by atoms with Gasteiger partial charge in [0.15, 0.2) is 0 Å². The maximum absolute atomic E-state index is 6.20. The Balaban J connectivity index is 1.84. The molecule has 0 atom stereocenters. The molecule has 18 heavy (non-hydrogen) atoms. The first-order valence-corrected chi connectivity index (χ1v) is 7.49. The first-order chi connectivity index (χ1) is 8.59. The summed E-state index contributed by atoms with van der Waals surface area (Å²) >= 11 is 9.61. The molecule has 4 heteroatoms. The Morgan fingerprint density at radius 1 is 1.39 bits per heavy atom. The van der Waals surface area contributed by atoms with Crippen molar-refractivity contribution in [2.75, 3.05) is 19.8 Å². The molecule has 0 unspecified atom stereocenters. The minimum Gasteiger partial charge on any atom is -0.381 e. The Morgan fingerprint density at radius 2 is 2.11 bits per heavy atom. The number of rotatable bonds is 4. The van der Waals surface area contributed by atoms with E-state index in [0.717, 1.165) is 54.2 Å². The fourth-order valence-corrected chi connectivity index (χ4v) is 2.95. The molecule has 0 saturated carbocycles. The summed E-state index contributed by atoms with van der Waals surface area (Å²) in [6.45, 7) is 5.94. The summed E-state index contributed by atoms with van der Waals surface area (Å²) < 4.78 is 6.43. The zero-order valence-corrected chi connectivity index (χ0v) is 13.0. The Hall–Kier alpha value is -0.0900. The maximum Gasteiger partial charge on any atom is 0.0471 e. The van der Waals surface area contributed by atoms with Crippen molar-refractivity contribution in [3.63, 3.8) is 0 Å². The molecule has 1 aromatic rings. The molecule has 1 fully saturated rings. The average molecular weight is 333 g/mol. The van der Waals surface area contributed by atoms with E-state index in [1.54, 1.807) is 0 Å². The highest BCUT2D eigenvalue weighted by molar-refractivity contribution is 9.10. The molecule has 1 heterocycles. The van der Waals surface area contributed by atoms with Gasteiger partial charge in [0, 0.05) is 35.8 Å². The van der Waals surface area contributed by atoms with Gasteiger partial charge >= 0.3 is 0 Å². The van der Waals surface area contributed by atoms with Gasteiger partial charge in [-0.25, -0.2) is 0 Å². The number of halogens is 2. The van der Waals surface area contributed by atoms with Gasteiger partial charge in [-0.05, 0) is 36.0 Å². The third-order valence-electron chi connectivity index (χ3n) is 3.58. The molecule has 0 aromatic heterocycles. The smallest absolute Gasteiger partial charge is 0.0471 e. The monoisotopic (exact) mass is 331 g/mol. The first kappa shape index (κ1) is 14.3. The van der Waals surface area contributed by atoms with Crippen molar-refractivity contribution in [2.45, 2.75) is 26.3 Å². The van der Waals surface area contributed by atoms with Crippen molar-refractivity contribution in [1.82, 2.24) is 5.32 Å². The van der Waals surface area contributed by atoms with Gasteiger partial charge in [0.05, 0.1) is 0 Å². The molecule has 0 spiro atoms. The van der Waals surface area contributed by atoms with Gasteiger partial charge in [-0.15, -0.1) is 0 Å². The van der Waals surface area contributed by atoms with Gasteiger partial charge in [-0.1, -0.05) is 40.5 Å². The van der Waals surface area contributed by atoms with Gasteiger partial charge in [0.1, 0.15) is 0 Å². The van der Waals surface area contributed by atoms with Crippen LogP contribution in [0.25, 0.3) is 0 Å². The topological polar surface area (TPSA) is 21.3 Å². The summed E-state index contributed by atoms with van der Waals surface area (Å²) in [5.74, 6) is 0. The summed E-state index contributed by atoms with van der Waals surface area (Å²) in [7, 11) is 0. The minimum atomic E-state index is 0.361. The zero-order valence-electron chi connectivity index (χ0n) is 10.6. The number of hydrogen-bond donors (Lipinski definition) is 1. The van der Waals surface area contributed by atoms with E-state index in [1.807, 2.05) is 12.1 Å². The summed E-state index contributed by atoms with van der Waals surface area (Å²) in [5, 5.41) is 4.33. The first-order valence-electron chi connectivity index (χ1n) is 6.31. The van der Waals surface area contributed by atoms with Crippen LogP contribution in [0.1, 0.15) is 25.3 Å². The van der Waals surface area contributed by atoms with Crippen molar-refractivity contribution in [2.24, 2.45) is 5.41 Å². The second kappa shape index (κ2) is 6.38. The molecule has 1 saturated heterocycles. The minimum absolute atomic E-state index is 0.361. The lowest BCUT2D eigenvalue weighted by Crippen LogP contribution is -2.36. The van der Waals surface area contributed by atoms with E-state index in [0.29, 0.717) is 5.41 Å². The number of nitrogens with one attached hydrogen (secondary N) is 1. The van der Waals surface area contributed by atoms with Gasteiger partial charge in [-0.3, -0.25) is 0 Å². The van der Waals surface area contributed by atoms with E-state index < -0.39 is 0 Å². The van der Waals surface area contributed by atoms with Crippen LogP contribution in [0.4, 0.5) is 0 Å². The molecule has 1 aromatic carbocycles. The Bertz CT molecular complexity index is 405. The molecule has 0 radical (unpaired) electrons. The highest BCUT2D eigenvalue weighted by Gasteiger charge is 2.26. The summed E-state index contributed by atoms with van der Waals surface area (Å²) in [4.78, 5) is 0. The SMILES string of the molecule is CC1(CNCc2ccc(Br)cc2Cl)CCOCC1. The molecule has 0 bridgehead atoms. The largest absolute Gasteiger partial charge is 0.381 e. The molecular formula is C14H19BrClNO. The molecule has 2 nitrogen and oxygen atoms in total. The lowest BCUT2D eigenvalue weighted by molar-refractivity contribution is 0.0240. The van der Waals surface area contributed by atoms with Gasteiger partial charge in [0.2, 0.25) is 0 Å². The standard InChI is InChI=1S/C14H19BrClNO/c1-14(4-6-18-7-5-14)10-17-9-11-2-3-12(15)8-13(11)16/h2-3,8,17H,4-7,9-10H2,1H3. The van der Waals surface area contributed by atoms with Crippen LogP contribution in [0.15, 0.2) is 22.7 Å². The second-order valence-corrected chi connectivity index (χ2v) is 6.59. The van der Waals surface area contributed by atoms with Gasteiger partial charge < -0.3 is 10.1 Å². The molecule has 0 amide bonds. The van der Waals surface area contributed by atoms with Crippen LogP contribution in [0.2, 0.25) is 5.02 Å². The van der Waals surface area contributed by atoms with Crippen LogP contribution in [0, 0.1) is 5.41 Å². The van der Waals surface area contributed by atoms with E-state index in [2.05, 4.69) is 34.2 Å². The van der Waals surface area contributed by atoms with Crippen LogP contribution in [-0.4, -0.2) is 19.8 Å². The van der Waals surface area contributed by atoms with E-state index in [9.17, 15) is 0 Å². The predicted octanol–water partition coefficient (Wildman–Crippen LogP) is 4.01. The molecule has 1 N–H and O–H groups in total. The second-order valence-electron chi connectivity index (χ2n) is 5.26. The van der Waals surface area contributed by atoms with Crippen molar-refractivity contribution < 1.29 is 4.74 Å². The molecular weight excluding hydrogens is 314 g/mol. The van der Waals surface area contributed by atoms with Crippen LogP contribution in [0.3, 0.4) is 0 Å². The Morgan fingerprint density at radius 3 is 2.78 bits per heavy atom. The van der Waals surface area contributed by atoms with Crippen LogP contribution < -0.4 is 5.32 Å². The summed E-state index contributed by atoms with van der Waals surface area (Å²) in [6.07, 6.45) is 2.27. The lowest BCUT2D eigenvalue weighted by Gasteiger charge is -2.33. The van der Waals surface area contributed by atoms with Crippen LogP contribution in [0.5, 0.6) is 0 Å². The Kier molecular flexibility index (Phi) is 5.07. The zero-order chi connectivity index (χ0) is 13.0. The van der Waals surface area contributed by atoms with Crippen LogP contribution in [-0.2, 0) is 11.3 Å². The molecule has 100 valence electrons. The quantitative estimate of drug-likeness (QED) is 0.899. The van der Waals surface area contributed by atoms with E-state index in [-0.39, 0.29) is 0 Å². The third-order valence-corrected chi connectivity index (χ3v) is 4.43. The predicted molar refractivity (Wildman–Crippen MR) is 79.0 cm³/mol. The van der Waals surface area contributed by atoms with Gasteiger partial charge in [0.25, 0.3) is 0 Å². The molecule has 1 aliphatic rings. The van der Waals surface area contributed by atoms with Crippen molar-refractivity contribution in [1.29, 1.82) is 0 Å². The van der Waals surface area contributed by atoms with E-state index in [4.69, 9.17) is 16.3 Å². The third kappa shape index (κ3) is 3.95. The summed E-state index contributed by atoms with van der Waals surface area (Å²) in [5.41, 5.74) is 1.51. The molecule has 1 aliphatic heterocycles. The van der Waals surface area contributed by atoms with Crippen LogP contribution >= 0.6 is 27.5 Å². The lowest BCUT2D eigenvalue weighted by atomic mass is 9.82. The number of benzene rings is 1. The van der Waals surface area contributed by atoms with Crippen molar-refractivity contribution >= 4 is 27.5 Å². The number of ether oxygens (including phenoxy) is 1. The van der Waals surface area contributed by atoms with Gasteiger partial charge in [-0.2, -0.15) is 0 Å².